The van der Waals surface area contributed by atoms with Gasteiger partial charge < -0.3 is 10.6 Å². The van der Waals surface area contributed by atoms with Crippen LogP contribution in [0.3, 0.4) is 0 Å². The second-order valence-corrected chi connectivity index (χ2v) is 5.90. The number of carbonyl (C=O) groups excluding carboxylic acids is 1. The van der Waals surface area contributed by atoms with Crippen LogP contribution in [-0.4, -0.2) is 22.2 Å². The van der Waals surface area contributed by atoms with Gasteiger partial charge >= 0.3 is 0 Å². The second-order valence-electron chi connectivity index (χ2n) is 5.11. The molecule has 1 amide bonds. The van der Waals surface area contributed by atoms with Crippen molar-refractivity contribution in [1.82, 2.24) is 15.1 Å². The Kier molecular flexibility index (Phi) is 5.92. The van der Waals surface area contributed by atoms with Crippen molar-refractivity contribution < 1.29 is 4.79 Å². The highest BCUT2D eigenvalue weighted by atomic mass is 79.9. The Bertz CT molecular complexity index is 758. The van der Waals surface area contributed by atoms with Crippen LogP contribution in [0.2, 0.25) is 0 Å². The molecule has 1 heterocycles. The minimum absolute atomic E-state index is 0.0786. The molecular weight excluding hydrogens is 360 g/mol. The normalized spacial score (nSPS) is 10.4. The molecule has 0 fully saturated rings. The zero-order chi connectivity index (χ0) is 16.8. The molecule has 0 unspecified atom stereocenters. The molecular formula is C16H19BrN4O2. The maximum Gasteiger partial charge on any atom is 0.282 e. The summed E-state index contributed by atoms with van der Waals surface area (Å²) in [5.74, 6) is -0.0786. The third-order valence-corrected chi connectivity index (χ3v) is 4.05. The van der Waals surface area contributed by atoms with E-state index in [2.05, 4.69) is 31.7 Å². The van der Waals surface area contributed by atoms with Crippen molar-refractivity contribution in [3.63, 3.8) is 0 Å². The predicted octanol–water partition coefficient (Wildman–Crippen LogP) is 2.29. The topological polar surface area (TPSA) is 76.0 Å². The average molecular weight is 379 g/mol. The maximum atomic E-state index is 12.0. The molecule has 0 saturated carbocycles. The Morgan fingerprint density at radius 3 is 2.91 bits per heavy atom. The van der Waals surface area contributed by atoms with E-state index in [1.165, 1.54) is 4.68 Å². The van der Waals surface area contributed by atoms with Crippen LogP contribution in [-0.2, 0) is 13.6 Å². The Morgan fingerprint density at radius 1 is 1.39 bits per heavy atom. The van der Waals surface area contributed by atoms with Crippen LogP contribution in [0.15, 0.2) is 39.7 Å². The molecule has 2 aromatic rings. The fraction of sp³-hybridized carbons (Fsp3) is 0.312. The molecule has 7 heteroatoms. The summed E-state index contributed by atoms with van der Waals surface area (Å²) in [5, 5.41) is 9.98. The van der Waals surface area contributed by atoms with Crippen LogP contribution < -0.4 is 16.2 Å². The van der Waals surface area contributed by atoms with Crippen LogP contribution in [0.25, 0.3) is 0 Å². The first kappa shape index (κ1) is 17.2. The highest BCUT2D eigenvalue weighted by molar-refractivity contribution is 9.10. The summed E-state index contributed by atoms with van der Waals surface area (Å²) in [6.45, 7) is 3.16. The molecule has 0 aliphatic heterocycles. The van der Waals surface area contributed by atoms with Gasteiger partial charge in [-0.25, -0.2) is 4.68 Å². The van der Waals surface area contributed by atoms with Crippen LogP contribution in [0, 0.1) is 0 Å². The van der Waals surface area contributed by atoms with Gasteiger partial charge in [0.2, 0.25) is 0 Å². The number of rotatable bonds is 6. The molecule has 1 aromatic heterocycles. The van der Waals surface area contributed by atoms with Gasteiger partial charge in [0, 0.05) is 25.7 Å². The largest absolute Gasteiger partial charge is 0.379 e. The molecule has 1 aromatic carbocycles. The summed E-state index contributed by atoms with van der Waals surface area (Å²) in [7, 11) is 1.59. The van der Waals surface area contributed by atoms with E-state index in [9.17, 15) is 9.59 Å². The minimum Gasteiger partial charge on any atom is -0.379 e. The van der Waals surface area contributed by atoms with E-state index >= 15 is 0 Å². The van der Waals surface area contributed by atoms with Crippen LogP contribution >= 0.6 is 15.9 Å². The van der Waals surface area contributed by atoms with Gasteiger partial charge in [0.15, 0.2) is 0 Å². The van der Waals surface area contributed by atoms with Gasteiger partial charge in [0.05, 0.1) is 11.9 Å². The van der Waals surface area contributed by atoms with Crippen molar-refractivity contribution in [2.24, 2.45) is 7.05 Å². The zero-order valence-electron chi connectivity index (χ0n) is 13.1. The number of anilines is 1. The van der Waals surface area contributed by atoms with Gasteiger partial charge in [-0.3, -0.25) is 9.59 Å². The van der Waals surface area contributed by atoms with Crippen molar-refractivity contribution in [1.29, 1.82) is 0 Å². The summed E-state index contributed by atoms with van der Waals surface area (Å²) in [4.78, 5) is 23.8. The molecule has 6 nitrogen and oxygen atoms in total. The monoisotopic (exact) mass is 378 g/mol. The Balaban J connectivity index is 2.08. The molecule has 0 aliphatic rings. The quantitative estimate of drug-likeness (QED) is 0.808. The SMILES string of the molecule is CCCNC(=O)c1cccc(CNc2cnn(C)c(=O)c2Br)c1. The standard InChI is InChI=1S/C16H19BrN4O2/c1-3-7-18-15(22)12-6-4-5-11(8-12)9-19-13-10-20-21(2)16(23)14(13)17/h4-6,8,10,19H,3,7,9H2,1-2H3,(H,18,22). The molecule has 2 N–H and O–H groups in total. The molecule has 2 rings (SSSR count). The third-order valence-electron chi connectivity index (χ3n) is 3.29. The molecule has 0 spiro atoms. The summed E-state index contributed by atoms with van der Waals surface area (Å²) >= 11 is 3.27. The van der Waals surface area contributed by atoms with Crippen LogP contribution in [0.4, 0.5) is 5.69 Å². The van der Waals surface area contributed by atoms with Gasteiger partial charge in [0.1, 0.15) is 4.47 Å². The van der Waals surface area contributed by atoms with E-state index in [-0.39, 0.29) is 11.5 Å². The first-order valence-corrected chi connectivity index (χ1v) is 8.15. The van der Waals surface area contributed by atoms with E-state index in [0.717, 1.165) is 12.0 Å². The predicted molar refractivity (Wildman–Crippen MR) is 93.6 cm³/mol. The number of nitrogens with one attached hydrogen (secondary N) is 2. The number of aryl methyl sites for hydroxylation is 1. The van der Waals surface area contributed by atoms with Gasteiger partial charge in [-0.2, -0.15) is 5.10 Å². The van der Waals surface area contributed by atoms with Crippen LogP contribution in [0.5, 0.6) is 0 Å². The molecule has 23 heavy (non-hydrogen) atoms. The zero-order valence-corrected chi connectivity index (χ0v) is 14.7. The lowest BCUT2D eigenvalue weighted by Gasteiger charge is -2.10. The van der Waals surface area contributed by atoms with E-state index in [0.29, 0.717) is 28.8 Å². The third kappa shape index (κ3) is 4.41. The fourth-order valence-electron chi connectivity index (χ4n) is 1.99. The second kappa shape index (κ2) is 7.92. The molecule has 0 radical (unpaired) electrons. The number of carbonyl (C=O) groups is 1. The minimum atomic E-state index is -0.206. The Labute approximate surface area is 143 Å². The molecule has 0 atom stereocenters. The Morgan fingerprint density at radius 2 is 2.17 bits per heavy atom. The van der Waals surface area contributed by atoms with Crippen LogP contribution in [0.1, 0.15) is 29.3 Å². The van der Waals surface area contributed by atoms with Crippen molar-refractivity contribution in [3.8, 4) is 0 Å². The Hall–Kier alpha value is -2.15. The van der Waals surface area contributed by atoms with E-state index < -0.39 is 0 Å². The average Bonchev–Trinajstić information content (AvgIpc) is 2.57. The highest BCUT2D eigenvalue weighted by Gasteiger charge is 2.08. The van der Waals surface area contributed by atoms with E-state index in [1.807, 2.05) is 25.1 Å². The summed E-state index contributed by atoms with van der Waals surface area (Å²) in [6.07, 6.45) is 2.49. The summed E-state index contributed by atoms with van der Waals surface area (Å²) in [5.41, 5.74) is 1.98. The number of hydrogen-bond acceptors (Lipinski definition) is 4. The van der Waals surface area contributed by atoms with Crippen molar-refractivity contribution >= 4 is 27.5 Å². The lowest BCUT2D eigenvalue weighted by Crippen LogP contribution is -2.24. The summed E-state index contributed by atoms with van der Waals surface area (Å²) in [6, 6.07) is 7.38. The van der Waals surface area contributed by atoms with Gasteiger partial charge in [0.25, 0.3) is 11.5 Å². The van der Waals surface area contributed by atoms with Gasteiger partial charge in [-0.15, -0.1) is 0 Å². The first-order chi connectivity index (χ1) is 11.0. The smallest absolute Gasteiger partial charge is 0.282 e. The number of halogens is 1. The maximum absolute atomic E-state index is 12.0. The molecule has 0 bridgehead atoms. The van der Waals surface area contributed by atoms with Crippen molar-refractivity contribution in [2.45, 2.75) is 19.9 Å². The lowest BCUT2D eigenvalue weighted by molar-refractivity contribution is 0.0953. The van der Waals surface area contributed by atoms with Gasteiger partial charge in [-0.05, 0) is 40.0 Å². The highest BCUT2D eigenvalue weighted by Crippen LogP contribution is 2.17. The van der Waals surface area contributed by atoms with E-state index in [4.69, 9.17) is 0 Å². The number of benzene rings is 1. The number of nitrogens with zero attached hydrogens (tertiary/aromatic N) is 2. The summed E-state index contributed by atoms with van der Waals surface area (Å²) < 4.78 is 1.69. The fourth-order valence-corrected chi connectivity index (χ4v) is 2.49. The molecule has 0 aliphatic carbocycles. The molecule has 0 saturated heterocycles. The number of amides is 1. The number of aromatic nitrogens is 2. The van der Waals surface area contributed by atoms with Gasteiger partial charge in [-0.1, -0.05) is 19.1 Å². The van der Waals surface area contributed by atoms with Crippen molar-refractivity contribution in [3.05, 3.63) is 56.4 Å². The first-order valence-electron chi connectivity index (χ1n) is 7.35. The van der Waals surface area contributed by atoms with Crippen molar-refractivity contribution in [2.75, 3.05) is 11.9 Å². The number of hydrogen-bond donors (Lipinski definition) is 2. The lowest BCUT2D eigenvalue weighted by atomic mass is 10.1. The van der Waals surface area contributed by atoms with E-state index in [1.54, 1.807) is 19.3 Å². The molecule has 122 valence electrons.